The molecule has 0 saturated heterocycles. The molecule has 7 heteroatoms. The molecule has 2 N–H and O–H groups in total. The summed E-state index contributed by atoms with van der Waals surface area (Å²) >= 11 is 0. The van der Waals surface area contributed by atoms with Gasteiger partial charge >= 0.3 is 0 Å². The van der Waals surface area contributed by atoms with Crippen LogP contribution in [0.25, 0.3) is 5.82 Å². The largest absolute Gasteiger partial charge is 0.351 e. The van der Waals surface area contributed by atoms with Crippen molar-refractivity contribution in [1.82, 2.24) is 30.4 Å². The number of carbonyl (C=O) groups is 1. The van der Waals surface area contributed by atoms with Gasteiger partial charge in [0.25, 0.3) is 5.91 Å². The molecule has 2 aromatic rings. The highest BCUT2D eigenvalue weighted by Gasteiger charge is 2.12. The zero-order chi connectivity index (χ0) is 16.6. The van der Waals surface area contributed by atoms with Gasteiger partial charge < -0.3 is 10.6 Å². The van der Waals surface area contributed by atoms with Crippen LogP contribution in [0.2, 0.25) is 0 Å². The molecule has 1 amide bonds. The maximum absolute atomic E-state index is 12.3. The lowest BCUT2D eigenvalue weighted by atomic mass is 10.1. The van der Waals surface area contributed by atoms with Crippen molar-refractivity contribution in [2.75, 3.05) is 13.1 Å². The number of hydrogen-bond donors (Lipinski definition) is 2. The van der Waals surface area contributed by atoms with E-state index in [0.29, 0.717) is 24.0 Å². The number of carbonyl (C=O) groups excluding carboxylic acids is 1. The second-order valence-corrected chi connectivity index (χ2v) is 6.14. The van der Waals surface area contributed by atoms with Gasteiger partial charge in [0.15, 0.2) is 5.82 Å². The molecule has 1 saturated carbocycles. The first-order valence-electron chi connectivity index (χ1n) is 8.65. The SMILES string of the molecule is O=C(NCCNC1CCCCCC1)c1ccnc(-n2cncn2)c1. The van der Waals surface area contributed by atoms with Crippen LogP contribution in [0.5, 0.6) is 0 Å². The van der Waals surface area contributed by atoms with Gasteiger partial charge in [-0.25, -0.2) is 14.6 Å². The van der Waals surface area contributed by atoms with E-state index in [0.717, 1.165) is 6.54 Å². The first kappa shape index (κ1) is 16.6. The molecular weight excluding hydrogens is 304 g/mol. The minimum Gasteiger partial charge on any atom is -0.351 e. The van der Waals surface area contributed by atoms with Crippen molar-refractivity contribution in [3.8, 4) is 5.82 Å². The maximum atomic E-state index is 12.3. The molecule has 0 radical (unpaired) electrons. The summed E-state index contributed by atoms with van der Waals surface area (Å²) in [5, 5.41) is 10.5. The Morgan fingerprint density at radius 1 is 1.21 bits per heavy atom. The molecule has 1 aliphatic rings. The van der Waals surface area contributed by atoms with Crippen LogP contribution in [0.1, 0.15) is 48.9 Å². The van der Waals surface area contributed by atoms with Crippen molar-refractivity contribution in [1.29, 1.82) is 0 Å². The predicted molar refractivity (Wildman–Crippen MR) is 91.0 cm³/mol. The lowest BCUT2D eigenvalue weighted by Crippen LogP contribution is -2.36. The average molecular weight is 328 g/mol. The van der Waals surface area contributed by atoms with E-state index in [-0.39, 0.29) is 5.91 Å². The van der Waals surface area contributed by atoms with Crippen molar-refractivity contribution in [2.24, 2.45) is 0 Å². The monoisotopic (exact) mass is 328 g/mol. The lowest BCUT2D eigenvalue weighted by Gasteiger charge is -2.16. The molecule has 0 aliphatic heterocycles. The molecule has 0 atom stereocenters. The minimum atomic E-state index is -0.0959. The van der Waals surface area contributed by atoms with E-state index in [1.54, 1.807) is 24.7 Å². The highest BCUT2D eigenvalue weighted by molar-refractivity contribution is 5.94. The minimum absolute atomic E-state index is 0.0959. The fourth-order valence-electron chi connectivity index (χ4n) is 3.05. The topological polar surface area (TPSA) is 84.7 Å². The number of nitrogens with zero attached hydrogens (tertiary/aromatic N) is 4. The van der Waals surface area contributed by atoms with Crippen LogP contribution in [0.4, 0.5) is 0 Å². The number of hydrogen-bond acceptors (Lipinski definition) is 5. The van der Waals surface area contributed by atoms with Gasteiger partial charge in [0.1, 0.15) is 12.7 Å². The second-order valence-electron chi connectivity index (χ2n) is 6.14. The van der Waals surface area contributed by atoms with Crippen LogP contribution in [-0.4, -0.2) is 44.8 Å². The standard InChI is InChI=1S/C17H24N6O/c24-17(21-10-9-19-15-5-3-1-2-4-6-15)14-7-8-20-16(11-14)23-13-18-12-22-23/h7-8,11-13,15,19H,1-6,9-10H2,(H,21,24). The highest BCUT2D eigenvalue weighted by Crippen LogP contribution is 2.16. The Morgan fingerprint density at radius 2 is 2.04 bits per heavy atom. The van der Waals surface area contributed by atoms with E-state index >= 15 is 0 Å². The number of nitrogens with one attached hydrogen (secondary N) is 2. The molecule has 0 bridgehead atoms. The zero-order valence-corrected chi connectivity index (χ0v) is 13.8. The quantitative estimate of drug-likeness (QED) is 0.623. The van der Waals surface area contributed by atoms with E-state index in [2.05, 4.69) is 25.7 Å². The number of pyridine rings is 1. The molecule has 128 valence electrons. The Balaban J connectivity index is 1.46. The molecule has 2 aromatic heterocycles. The molecule has 0 aromatic carbocycles. The Bertz CT molecular complexity index is 634. The van der Waals surface area contributed by atoms with Gasteiger partial charge in [-0.15, -0.1) is 0 Å². The van der Waals surface area contributed by atoms with E-state index < -0.39 is 0 Å². The number of aromatic nitrogens is 4. The summed E-state index contributed by atoms with van der Waals surface area (Å²) in [6.45, 7) is 1.42. The molecule has 2 heterocycles. The molecule has 1 fully saturated rings. The third kappa shape index (κ3) is 4.61. The van der Waals surface area contributed by atoms with Crippen molar-refractivity contribution >= 4 is 5.91 Å². The normalized spacial score (nSPS) is 15.8. The van der Waals surface area contributed by atoms with Gasteiger partial charge in [0, 0.05) is 30.9 Å². The number of rotatable bonds is 6. The Labute approximate surface area is 141 Å². The fraction of sp³-hybridized carbons (Fsp3) is 0.529. The first-order chi connectivity index (χ1) is 11.8. The number of amides is 1. The summed E-state index contributed by atoms with van der Waals surface area (Å²) in [6, 6.07) is 4.02. The van der Waals surface area contributed by atoms with Gasteiger partial charge in [-0.2, -0.15) is 5.10 Å². The van der Waals surface area contributed by atoms with Crippen LogP contribution in [0.3, 0.4) is 0 Å². The van der Waals surface area contributed by atoms with Crippen molar-refractivity contribution in [3.05, 3.63) is 36.5 Å². The van der Waals surface area contributed by atoms with Crippen LogP contribution >= 0.6 is 0 Å². The van der Waals surface area contributed by atoms with Crippen molar-refractivity contribution in [2.45, 2.75) is 44.6 Å². The van der Waals surface area contributed by atoms with Crippen LogP contribution in [0.15, 0.2) is 31.0 Å². The first-order valence-corrected chi connectivity index (χ1v) is 8.65. The Kier molecular flexibility index (Phi) is 5.90. The Hall–Kier alpha value is -2.28. The van der Waals surface area contributed by atoms with Crippen LogP contribution in [0, 0.1) is 0 Å². The Morgan fingerprint density at radius 3 is 2.79 bits per heavy atom. The highest BCUT2D eigenvalue weighted by atomic mass is 16.1. The second kappa shape index (κ2) is 8.54. The molecule has 24 heavy (non-hydrogen) atoms. The maximum Gasteiger partial charge on any atom is 0.251 e. The van der Waals surface area contributed by atoms with Gasteiger partial charge in [-0.1, -0.05) is 25.7 Å². The van der Waals surface area contributed by atoms with Crippen molar-refractivity contribution in [3.63, 3.8) is 0 Å². The molecule has 1 aliphatic carbocycles. The van der Waals surface area contributed by atoms with Crippen LogP contribution in [-0.2, 0) is 0 Å². The van der Waals surface area contributed by atoms with E-state index in [1.165, 1.54) is 49.5 Å². The third-order valence-electron chi connectivity index (χ3n) is 4.36. The smallest absolute Gasteiger partial charge is 0.251 e. The van der Waals surface area contributed by atoms with Gasteiger partial charge in [0.2, 0.25) is 0 Å². The van der Waals surface area contributed by atoms with E-state index in [4.69, 9.17) is 0 Å². The summed E-state index contributed by atoms with van der Waals surface area (Å²) < 4.78 is 1.53. The third-order valence-corrected chi connectivity index (χ3v) is 4.36. The summed E-state index contributed by atoms with van der Waals surface area (Å²) in [7, 11) is 0. The molecule has 7 nitrogen and oxygen atoms in total. The summed E-state index contributed by atoms with van der Waals surface area (Å²) in [5.41, 5.74) is 0.574. The zero-order valence-electron chi connectivity index (χ0n) is 13.8. The van der Waals surface area contributed by atoms with E-state index in [9.17, 15) is 4.79 Å². The van der Waals surface area contributed by atoms with Crippen molar-refractivity contribution < 1.29 is 4.79 Å². The average Bonchev–Trinajstić information content (AvgIpc) is 3.03. The molecule has 0 spiro atoms. The summed E-state index contributed by atoms with van der Waals surface area (Å²) in [5.74, 6) is 0.484. The lowest BCUT2D eigenvalue weighted by molar-refractivity contribution is 0.0953. The summed E-state index contributed by atoms with van der Waals surface area (Å²) in [4.78, 5) is 20.3. The van der Waals surface area contributed by atoms with E-state index in [1.807, 2.05) is 0 Å². The van der Waals surface area contributed by atoms with Gasteiger partial charge in [0.05, 0.1) is 0 Å². The van der Waals surface area contributed by atoms with Gasteiger partial charge in [-0.3, -0.25) is 4.79 Å². The molecular formula is C17H24N6O. The fourth-order valence-corrected chi connectivity index (χ4v) is 3.05. The predicted octanol–water partition coefficient (Wildman–Crippen LogP) is 1.70. The van der Waals surface area contributed by atoms with Crippen LogP contribution < -0.4 is 10.6 Å². The molecule has 0 unspecified atom stereocenters. The summed E-state index contributed by atoms with van der Waals surface area (Å²) in [6.07, 6.45) is 12.4. The molecule has 3 rings (SSSR count). The van der Waals surface area contributed by atoms with Gasteiger partial charge in [-0.05, 0) is 25.0 Å².